The highest BCUT2D eigenvalue weighted by molar-refractivity contribution is 5.47. The van der Waals surface area contributed by atoms with Crippen molar-refractivity contribution in [3.63, 3.8) is 0 Å². The van der Waals surface area contributed by atoms with Gasteiger partial charge in [-0.05, 0) is 74.7 Å². The van der Waals surface area contributed by atoms with E-state index < -0.39 is 5.82 Å². The summed E-state index contributed by atoms with van der Waals surface area (Å²) in [5, 5.41) is 2.90. The molecule has 0 saturated heterocycles. The molecule has 0 aliphatic rings. The number of nitrogens with two attached hydrogens (primary N) is 1. The molecule has 178 valence electrons. The minimum Gasteiger partial charge on any atom is -0.493 e. The number of halogens is 1. The molecule has 1 aromatic carbocycles. The predicted octanol–water partition coefficient (Wildman–Crippen LogP) is 6.66. The molecule has 1 aromatic rings. The van der Waals surface area contributed by atoms with E-state index in [1.54, 1.807) is 38.4 Å². The zero-order chi connectivity index (χ0) is 23.9. The molecule has 0 fully saturated rings. The SMILES string of the molecule is C\C=C(OCC(CCC)CCC)/C(=C\C(C)=C(\C=C/N)Oc1ccc(NC)cc1F)OC. The van der Waals surface area contributed by atoms with Crippen LogP contribution in [0.5, 0.6) is 5.75 Å². The second kappa shape index (κ2) is 15.0. The van der Waals surface area contributed by atoms with Gasteiger partial charge in [-0.3, -0.25) is 0 Å². The van der Waals surface area contributed by atoms with Crippen LogP contribution in [0.2, 0.25) is 0 Å². The van der Waals surface area contributed by atoms with Crippen LogP contribution < -0.4 is 15.8 Å². The first kappa shape index (κ1) is 27.1. The standard InChI is InChI=1S/C26H39FN2O3/c1-7-10-20(11-8-2)18-31-23(9-3)26(30-6)16-19(4)24(14-15-28)32-25-13-12-21(29-5)17-22(25)27/h9,12-17,20,29H,7-8,10-11,18,28H2,1-6H3/b15-14-,23-9+,24-19-,26-16+. The van der Waals surface area contributed by atoms with Crippen LogP contribution in [0.25, 0.3) is 0 Å². The molecule has 0 aliphatic heterocycles. The fraction of sp³-hybridized carbons (Fsp3) is 0.462. The monoisotopic (exact) mass is 446 g/mol. The summed E-state index contributed by atoms with van der Waals surface area (Å²) in [6, 6.07) is 4.68. The minimum absolute atomic E-state index is 0.105. The molecular weight excluding hydrogens is 407 g/mol. The lowest BCUT2D eigenvalue weighted by molar-refractivity contribution is 0.134. The molecule has 0 amide bonds. The van der Waals surface area contributed by atoms with Gasteiger partial charge in [0.25, 0.3) is 0 Å². The van der Waals surface area contributed by atoms with Gasteiger partial charge >= 0.3 is 0 Å². The third-order valence-electron chi connectivity index (χ3n) is 5.02. The molecule has 3 N–H and O–H groups in total. The summed E-state index contributed by atoms with van der Waals surface area (Å²) in [4.78, 5) is 0. The van der Waals surface area contributed by atoms with Crippen molar-refractivity contribution in [1.82, 2.24) is 0 Å². The molecular formula is C26H39FN2O3. The van der Waals surface area contributed by atoms with Gasteiger partial charge in [-0.1, -0.05) is 26.7 Å². The Bertz CT molecular complexity index is 822. The molecule has 0 saturated carbocycles. The van der Waals surface area contributed by atoms with E-state index in [2.05, 4.69) is 19.2 Å². The number of allylic oxidation sites excluding steroid dienone is 4. The summed E-state index contributed by atoms with van der Waals surface area (Å²) in [6.45, 7) is 8.77. The number of benzene rings is 1. The molecule has 0 aliphatic carbocycles. The Morgan fingerprint density at radius 2 is 1.88 bits per heavy atom. The lowest BCUT2D eigenvalue weighted by Crippen LogP contribution is -2.11. The summed E-state index contributed by atoms with van der Waals surface area (Å²) in [6.07, 6.45) is 11.1. The van der Waals surface area contributed by atoms with E-state index in [0.29, 0.717) is 41.1 Å². The van der Waals surface area contributed by atoms with Crippen LogP contribution in [0.3, 0.4) is 0 Å². The first-order valence-electron chi connectivity index (χ1n) is 11.2. The van der Waals surface area contributed by atoms with Crippen LogP contribution in [0, 0.1) is 11.7 Å². The van der Waals surface area contributed by atoms with Crippen molar-refractivity contribution >= 4 is 5.69 Å². The Kier molecular flexibility index (Phi) is 12.7. The van der Waals surface area contributed by atoms with E-state index in [0.717, 1.165) is 25.7 Å². The smallest absolute Gasteiger partial charge is 0.167 e. The Balaban J connectivity index is 3.14. The summed E-state index contributed by atoms with van der Waals surface area (Å²) in [7, 11) is 3.32. The van der Waals surface area contributed by atoms with E-state index in [4.69, 9.17) is 19.9 Å². The third-order valence-corrected chi connectivity index (χ3v) is 5.02. The molecule has 5 nitrogen and oxygen atoms in total. The van der Waals surface area contributed by atoms with E-state index in [1.165, 1.54) is 12.3 Å². The summed E-state index contributed by atoms with van der Waals surface area (Å²) in [5.41, 5.74) is 6.98. The van der Waals surface area contributed by atoms with Gasteiger partial charge < -0.3 is 25.3 Å². The Morgan fingerprint density at radius 3 is 2.38 bits per heavy atom. The predicted molar refractivity (Wildman–Crippen MR) is 131 cm³/mol. The maximum atomic E-state index is 14.4. The summed E-state index contributed by atoms with van der Waals surface area (Å²) in [5.74, 6) is 1.77. The Morgan fingerprint density at radius 1 is 1.19 bits per heavy atom. The van der Waals surface area contributed by atoms with Crippen molar-refractivity contribution in [2.24, 2.45) is 11.7 Å². The topological polar surface area (TPSA) is 65.7 Å². The normalized spacial score (nSPS) is 13.4. The first-order valence-corrected chi connectivity index (χ1v) is 11.2. The van der Waals surface area contributed by atoms with Crippen molar-refractivity contribution in [1.29, 1.82) is 0 Å². The van der Waals surface area contributed by atoms with Gasteiger partial charge in [-0.25, -0.2) is 4.39 Å². The van der Waals surface area contributed by atoms with Gasteiger partial charge in [0, 0.05) is 18.8 Å². The summed E-state index contributed by atoms with van der Waals surface area (Å²) >= 11 is 0. The zero-order valence-electron chi connectivity index (χ0n) is 20.3. The van der Waals surface area contributed by atoms with Gasteiger partial charge in [0.05, 0.1) is 13.7 Å². The average Bonchev–Trinajstić information content (AvgIpc) is 2.79. The fourth-order valence-electron chi connectivity index (χ4n) is 3.32. The number of hydrogen-bond donors (Lipinski definition) is 2. The average molecular weight is 447 g/mol. The highest BCUT2D eigenvalue weighted by Crippen LogP contribution is 2.26. The molecule has 0 bridgehead atoms. The van der Waals surface area contributed by atoms with Crippen LogP contribution in [0.1, 0.15) is 53.4 Å². The number of rotatable bonds is 14. The van der Waals surface area contributed by atoms with Crippen LogP contribution in [0.4, 0.5) is 10.1 Å². The third kappa shape index (κ3) is 8.69. The molecule has 0 radical (unpaired) electrons. The van der Waals surface area contributed by atoms with E-state index in [1.807, 2.05) is 19.9 Å². The second-order valence-corrected chi connectivity index (χ2v) is 7.52. The highest BCUT2D eigenvalue weighted by Gasteiger charge is 2.14. The van der Waals surface area contributed by atoms with Gasteiger partial charge in [-0.15, -0.1) is 0 Å². The molecule has 0 spiro atoms. The molecule has 0 atom stereocenters. The van der Waals surface area contributed by atoms with Crippen molar-refractivity contribution in [2.45, 2.75) is 53.4 Å². The fourth-order valence-corrected chi connectivity index (χ4v) is 3.32. The van der Waals surface area contributed by atoms with Gasteiger partial charge in [-0.2, -0.15) is 0 Å². The largest absolute Gasteiger partial charge is 0.493 e. The Hall–Kier alpha value is -2.89. The van der Waals surface area contributed by atoms with Crippen LogP contribution in [-0.4, -0.2) is 20.8 Å². The molecule has 1 rings (SSSR count). The number of nitrogens with one attached hydrogen (secondary N) is 1. The van der Waals surface area contributed by atoms with E-state index in [-0.39, 0.29) is 5.75 Å². The molecule has 6 heteroatoms. The van der Waals surface area contributed by atoms with Crippen molar-refractivity contribution in [3.8, 4) is 5.75 Å². The molecule has 0 unspecified atom stereocenters. The van der Waals surface area contributed by atoms with Crippen molar-refractivity contribution in [3.05, 3.63) is 71.3 Å². The maximum absolute atomic E-state index is 14.4. The van der Waals surface area contributed by atoms with Gasteiger partial charge in [0.15, 0.2) is 23.1 Å². The van der Waals surface area contributed by atoms with Crippen molar-refractivity contribution < 1.29 is 18.6 Å². The minimum atomic E-state index is -0.473. The van der Waals surface area contributed by atoms with Crippen LogP contribution in [0.15, 0.2) is 65.5 Å². The zero-order valence-corrected chi connectivity index (χ0v) is 20.3. The van der Waals surface area contributed by atoms with Crippen LogP contribution in [-0.2, 0) is 9.47 Å². The van der Waals surface area contributed by atoms with E-state index in [9.17, 15) is 4.39 Å². The molecule has 0 aromatic heterocycles. The quantitative estimate of drug-likeness (QED) is 0.247. The Labute approximate surface area is 192 Å². The number of ether oxygens (including phenoxy) is 3. The van der Waals surface area contributed by atoms with Crippen LogP contribution >= 0.6 is 0 Å². The summed E-state index contributed by atoms with van der Waals surface area (Å²) < 4.78 is 31.9. The second-order valence-electron chi connectivity index (χ2n) is 7.52. The number of methoxy groups -OCH3 is 1. The van der Waals surface area contributed by atoms with Crippen molar-refractivity contribution in [2.75, 3.05) is 26.1 Å². The maximum Gasteiger partial charge on any atom is 0.167 e. The first-order chi connectivity index (χ1) is 15.4. The lowest BCUT2D eigenvalue weighted by atomic mass is 9.99. The molecule has 32 heavy (non-hydrogen) atoms. The van der Waals surface area contributed by atoms with Gasteiger partial charge in [0.2, 0.25) is 0 Å². The van der Waals surface area contributed by atoms with E-state index >= 15 is 0 Å². The highest BCUT2D eigenvalue weighted by atomic mass is 19.1. The lowest BCUT2D eigenvalue weighted by Gasteiger charge is -2.19. The number of anilines is 1. The van der Waals surface area contributed by atoms with Gasteiger partial charge in [0.1, 0.15) is 5.76 Å². The molecule has 0 heterocycles. The number of hydrogen-bond acceptors (Lipinski definition) is 5.